The minimum atomic E-state index is -0.501. The summed E-state index contributed by atoms with van der Waals surface area (Å²) in [6.07, 6.45) is 4.55. The first-order chi connectivity index (χ1) is 20.7. The molecule has 0 fully saturated rings. The molecule has 2 aromatic heterocycles. The van der Waals surface area contributed by atoms with Crippen molar-refractivity contribution in [1.29, 1.82) is 0 Å². The number of hydrogen-bond acceptors (Lipinski definition) is 6. The van der Waals surface area contributed by atoms with Crippen LogP contribution in [0.25, 0.3) is 32.8 Å². The quantitative estimate of drug-likeness (QED) is 0.103. The average molecular weight is 595 g/mol. The third-order valence-electron chi connectivity index (χ3n) is 7.38. The summed E-state index contributed by atoms with van der Waals surface area (Å²) in [6.45, 7) is 5.76. The van der Waals surface area contributed by atoms with Crippen LogP contribution in [0.2, 0.25) is 5.02 Å². The second-order valence-corrected chi connectivity index (χ2v) is 11.6. The fourth-order valence-electron chi connectivity index (χ4n) is 5.09. The number of hydrogen-bond donors (Lipinski definition) is 4. The van der Waals surface area contributed by atoms with Crippen molar-refractivity contribution in [2.45, 2.75) is 38.8 Å². The Labute approximate surface area is 256 Å². The topological polar surface area (TPSA) is 122 Å². The number of halogens is 1. The van der Waals surface area contributed by atoms with Crippen LogP contribution in [0.1, 0.15) is 42.6 Å². The molecule has 220 valence electrons. The molecule has 3 aromatic carbocycles. The molecule has 0 unspecified atom stereocenters. The number of carbonyl (C=O) groups is 2. The normalized spacial score (nSPS) is 11.5. The lowest BCUT2D eigenvalue weighted by atomic mass is 10.00. The number of nitrogens with zero attached hydrogens (tertiary/aromatic N) is 2. The van der Waals surface area contributed by atoms with Gasteiger partial charge in [-0.1, -0.05) is 60.1 Å². The summed E-state index contributed by atoms with van der Waals surface area (Å²) in [5.41, 5.74) is 9.25. The molecule has 0 spiro atoms. The molecular weight excluding hydrogens is 560 g/mol. The SMILES string of the molecule is CC(C)(CCNc1nc2cc(C(N)=O)ccc2c2cnccc12)NC(=O)CCNCc1ccc(-c2ccccc2)c(Cl)c1. The summed E-state index contributed by atoms with van der Waals surface area (Å²) in [4.78, 5) is 33.5. The van der Waals surface area contributed by atoms with E-state index in [4.69, 9.17) is 22.3 Å². The molecule has 43 heavy (non-hydrogen) atoms. The van der Waals surface area contributed by atoms with Crippen LogP contribution in [-0.4, -0.2) is 40.4 Å². The molecule has 9 heteroatoms. The van der Waals surface area contributed by atoms with E-state index in [1.807, 2.05) is 68.4 Å². The summed E-state index contributed by atoms with van der Waals surface area (Å²) < 4.78 is 0. The molecule has 5 N–H and O–H groups in total. The zero-order valence-electron chi connectivity index (χ0n) is 24.3. The molecule has 0 atom stereocenters. The molecule has 0 aliphatic carbocycles. The van der Waals surface area contributed by atoms with Gasteiger partial charge in [0.2, 0.25) is 11.8 Å². The van der Waals surface area contributed by atoms with Gasteiger partial charge in [0, 0.05) is 76.3 Å². The number of aromatic nitrogens is 2. The number of pyridine rings is 2. The van der Waals surface area contributed by atoms with Gasteiger partial charge >= 0.3 is 0 Å². The number of rotatable bonds is 12. The Balaban J connectivity index is 1.11. The number of benzene rings is 3. The van der Waals surface area contributed by atoms with E-state index < -0.39 is 11.4 Å². The number of carbonyl (C=O) groups excluding carboxylic acids is 2. The second-order valence-electron chi connectivity index (χ2n) is 11.2. The van der Waals surface area contributed by atoms with E-state index in [-0.39, 0.29) is 5.91 Å². The summed E-state index contributed by atoms with van der Waals surface area (Å²) in [5.74, 6) is 0.170. The molecule has 5 aromatic rings. The van der Waals surface area contributed by atoms with Crippen molar-refractivity contribution in [3.63, 3.8) is 0 Å². The van der Waals surface area contributed by atoms with Gasteiger partial charge in [-0.2, -0.15) is 0 Å². The number of nitrogens with two attached hydrogens (primary N) is 1. The monoisotopic (exact) mass is 594 g/mol. The largest absolute Gasteiger partial charge is 0.369 e. The van der Waals surface area contributed by atoms with Crippen LogP contribution >= 0.6 is 11.6 Å². The number of fused-ring (bicyclic) bond motifs is 3. The van der Waals surface area contributed by atoms with Gasteiger partial charge in [-0.15, -0.1) is 0 Å². The lowest BCUT2D eigenvalue weighted by molar-refractivity contribution is -0.122. The highest BCUT2D eigenvalue weighted by Crippen LogP contribution is 2.30. The molecule has 0 bridgehead atoms. The van der Waals surface area contributed by atoms with Crippen molar-refractivity contribution in [2.24, 2.45) is 5.73 Å². The van der Waals surface area contributed by atoms with E-state index in [9.17, 15) is 9.59 Å². The molecular formula is C34H35ClN6O2. The maximum absolute atomic E-state index is 12.7. The number of amides is 2. The third kappa shape index (κ3) is 7.46. The Morgan fingerprint density at radius 3 is 2.51 bits per heavy atom. The van der Waals surface area contributed by atoms with Gasteiger partial charge in [0.1, 0.15) is 5.82 Å². The van der Waals surface area contributed by atoms with Crippen molar-refractivity contribution >= 4 is 50.9 Å². The zero-order chi connectivity index (χ0) is 30.4. The molecule has 0 aliphatic heterocycles. The molecule has 0 saturated carbocycles. The zero-order valence-corrected chi connectivity index (χ0v) is 25.0. The van der Waals surface area contributed by atoms with Crippen molar-refractivity contribution < 1.29 is 9.59 Å². The minimum Gasteiger partial charge on any atom is -0.369 e. The molecule has 2 heterocycles. The predicted molar refractivity (Wildman–Crippen MR) is 174 cm³/mol. The van der Waals surface area contributed by atoms with Crippen LogP contribution in [0.4, 0.5) is 5.82 Å². The molecule has 2 amide bonds. The minimum absolute atomic E-state index is 0.0192. The molecule has 5 rings (SSSR count). The van der Waals surface area contributed by atoms with Crippen molar-refractivity contribution in [3.8, 4) is 11.1 Å². The number of primary amides is 1. The van der Waals surface area contributed by atoms with Crippen LogP contribution in [0.5, 0.6) is 0 Å². The highest BCUT2D eigenvalue weighted by atomic mass is 35.5. The van der Waals surface area contributed by atoms with E-state index in [2.05, 4.69) is 27.0 Å². The summed E-state index contributed by atoms with van der Waals surface area (Å²) in [6, 6.07) is 23.3. The van der Waals surface area contributed by atoms with Gasteiger partial charge < -0.3 is 21.7 Å². The Hall–Kier alpha value is -4.53. The summed E-state index contributed by atoms with van der Waals surface area (Å²) in [7, 11) is 0. The molecule has 0 saturated heterocycles. The Bertz CT molecular complexity index is 1770. The van der Waals surface area contributed by atoms with E-state index in [0.717, 1.165) is 32.8 Å². The Morgan fingerprint density at radius 2 is 1.74 bits per heavy atom. The second kappa shape index (κ2) is 13.2. The highest BCUT2D eigenvalue weighted by Gasteiger charge is 2.20. The fourth-order valence-corrected chi connectivity index (χ4v) is 5.40. The van der Waals surface area contributed by atoms with E-state index in [0.29, 0.717) is 54.4 Å². The maximum Gasteiger partial charge on any atom is 0.248 e. The van der Waals surface area contributed by atoms with Crippen LogP contribution in [-0.2, 0) is 11.3 Å². The third-order valence-corrected chi connectivity index (χ3v) is 7.69. The van der Waals surface area contributed by atoms with E-state index in [1.54, 1.807) is 24.5 Å². The van der Waals surface area contributed by atoms with Gasteiger partial charge in [-0.25, -0.2) is 4.98 Å². The van der Waals surface area contributed by atoms with Crippen LogP contribution in [0, 0.1) is 0 Å². The van der Waals surface area contributed by atoms with Crippen molar-refractivity contribution in [1.82, 2.24) is 20.6 Å². The Kier molecular flexibility index (Phi) is 9.19. The first-order valence-corrected chi connectivity index (χ1v) is 14.6. The first kappa shape index (κ1) is 29.9. The maximum atomic E-state index is 12.7. The fraction of sp³-hybridized carbons (Fsp3) is 0.235. The van der Waals surface area contributed by atoms with E-state index >= 15 is 0 Å². The van der Waals surface area contributed by atoms with Crippen LogP contribution in [0.3, 0.4) is 0 Å². The smallest absolute Gasteiger partial charge is 0.248 e. The predicted octanol–water partition coefficient (Wildman–Crippen LogP) is 6.08. The van der Waals surface area contributed by atoms with E-state index in [1.165, 1.54) is 0 Å². The van der Waals surface area contributed by atoms with Crippen LogP contribution < -0.4 is 21.7 Å². The van der Waals surface area contributed by atoms with Gasteiger partial charge in [-0.3, -0.25) is 14.6 Å². The molecule has 0 radical (unpaired) electrons. The first-order valence-electron chi connectivity index (χ1n) is 14.3. The highest BCUT2D eigenvalue weighted by molar-refractivity contribution is 6.33. The van der Waals surface area contributed by atoms with Gasteiger partial charge in [0.15, 0.2) is 0 Å². The number of anilines is 1. The van der Waals surface area contributed by atoms with Crippen molar-refractivity contribution in [3.05, 3.63) is 101 Å². The molecule has 0 aliphatic rings. The standard InChI is InChI=1S/C34H35ClN6O2/c1-34(2,41-31(42)13-16-37-20-22-8-10-25(29(35)18-22)23-6-4-3-5-7-23)14-17-39-33-27-12-15-38-21-28(27)26-11-9-24(32(36)43)19-30(26)40-33/h3-12,15,18-19,21,37H,13-14,16-17,20H2,1-2H3,(H2,36,43)(H,39,40)(H,41,42). The van der Waals surface area contributed by atoms with Crippen molar-refractivity contribution in [2.75, 3.05) is 18.4 Å². The average Bonchev–Trinajstić information content (AvgIpc) is 2.99. The van der Waals surface area contributed by atoms with Crippen LogP contribution in [0.15, 0.2) is 85.2 Å². The van der Waals surface area contributed by atoms with Gasteiger partial charge in [0.25, 0.3) is 0 Å². The Morgan fingerprint density at radius 1 is 0.930 bits per heavy atom. The lowest BCUT2D eigenvalue weighted by Gasteiger charge is -2.27. The van der Waals surface area contributed by atoms with Gasteiger partial charge in [0.05, 0.1) is 5.52 Å². The van der Waals surface area contributed by atoms with Gasteiger partial charge in [-0.05, 0) is 55.7 Å². The summed E-state index contributed by atoms with van der Waals surface area (Å²) >= 11 is 6.53. The summed E-state index contributed by atoms with van der Waals surface area (Å²) in [5, 5.41) is 13.4. The lowest BCUT2D eigenvalue weighted by Crippen LogP contribution is -2.45. The molecule has 8 nitrogen and oxygen atoms in total. The number of nitrogens with one attached hydrogen (secondary N) is 3.